The predicted molar refractivity (Wildman–Crippen MR) is 122 cm³/mol. The van der Waals surface area contributed by atoms with Gasteiger partial charge >= 0.3 is 0 Å². The van der Waals surface area contributed by atoms with Gasteiger partial charge in [-0.2, -0.15) is 13.5 Å². The SMILES string of the molecule is COc1cccc(CNC(=O)[C@H](NS(=O)(=O)c2cccc3nsnc23)c2ccccc2)c1. The summed E-state index contributed by atoms with van der Waals surface area (Å²) in [5.41, 5.74) is 2.10. The van der Waals surface area contributed by atoms with Gasteiger partial charge in [0.2, 0.25) is 15.9 Å². The monoisotopic (exact) mass is 468 g/mol. The standard InChI is InChI=1S/C22H20N4O4S2/c1-30-17-10-5-7-15(13-17)14-23-22(27)20(16-8-3-2-4-9-16)26-32(28,29)19-12-6-11-18-21(19)25-31-24-18/h2-13,20,26H,14H2,1H3,(H,23,27)/t20-/m1/s1. The van der Waals surface area contributed by atoms with E-state index in [2.05, 4.69) is 18.8 Å². The lowest BCUT2D eigenvalue weighted by Crippen LogP contribution is -2.40. The number of rotatable bonds is 8. The van der Waals surface area contributed by atoms with Crippen molar-refractivity contribution in [2.45, 2.75) is 17.5 Å². The highest BCUT2D eigenvalue weighted by molar-refractivity contribution is 7.89. The Kier molecular flexibility index (Phi) is 6.45. The van der Waals surface area contributed by atoms with E-state index in [1.54, 1.807) is 61.7 Å². The van der Waals surface area contributed by atoms with E-state index < -0.39 is 22.0 Å². The quantitative estimate of drug-likeness (QED) is 0.411. The Morgan fingerprint density at radius 3 is 2.59 bits per heavy atom. The molecule has 0 fully saturated rings. The van der Waals surface area contributed by atoms with Gasteiger partial charge in [-0.05, 0) is 35.4 Å². The molecular formula is C22H20N4O4S2. The summed E-state index contributed by atoms with van der Waals surface area (Å²) in [6.07, 6.45) is 0. The van der Waals surface area contributed by atoms with E-state index in [9.17, 15) is 13.2 Å². The molecule has 1 atom stereocenters. The number of carbonyl (C=O) groups excluding carboxylic acids is 1. The highest BCUT2D eigenvalue weighted by Gasteiger charge is 2.29. The number of methoxy groups -OCH3 is 1. The lowest BCUT2D eigenvalue weighted by atomic mass is 10.1. The molecule has 8 nitrogen and oxygen atoms in total. The second kappa shape index (κ2) is 9.43. The van der Waals surface area contributed by atoms with Gasteiger partial charge in [0, 0.05) is 6.54 Å². The summed E-state index contributed by atoms with van der Waals surface area (Å²) < 4.78 is 42.4. The molecule has 0 saturated heterocycles. The Morgan fingerprint density at radius 2 is 1.81 bits per heavy atom. The van der Waals surface area contributed by atoms with Crippen molar-refractivity contribution in [2.24, 2.45) is 0 Å². The molecule has 0 unspecified atom stereocenters. The van der Waals surface area contributed by atoms with Gasteiger partial charge in [-0.25, -0.2) is 8.42 Å². The first-order valence-electron chi connectivity index (χ1n) is 9.67. The third-order valence-corrected chi connectivity index (χ3v) is 6.80. The van der Waals surface area contributed by atoms with E-state index in [0.717, 1.165) is 17.3 Å². The van der Waals surface area contributed by atoms with Gasteiger partial charge in [-0.1, -0.05) is 48.5 Å². The zero-order chi connectivity index (χ0) is 22.6. The first-order valence-corrected chi connectivity index (χ1v) is 11.9. The third-order valence-electron chi connectivity index (χ3n) is 4.81. The van der Waals surface area contributed by atoms with Crippen LogP contribution in [0.25, 0.3) is 11.0 Å². The lowest BCUT2D eigenvalue weighted by Gasteiger charge is -2.19. The molecule has 1 heterocycles. The maximum Gasteiger partial charge on any atom is 0.243 e. The number of carbonyl (C=O) groups is 1. The Morgan fingerprint density at radius 1 is 1.03 bits per heavy atom. The average molecular weight is 469 g/mol. The first-order chi connectivity index (χ1) is 15.5. The molecule has 32 heavy (non-hydrogen) atoms. The van der Waals surface area contributed by atoms with Gasteiger partial charge in [-0.15, -0.1) is 0 Å². The van der Waals surface area contributed by atoms with Gasteiger partial charge in [0.05, 0.1) is 18.8 Å². The molecule has 1 amide bonds. The number of hydrogen-bond donors (Lipinski definition) is 2. The van der Waals surface area contributed by atoms with Gasteiger partial charge in [0.15, 0.2) is 0 Å². The molecule has 1 aromatic heterocycles. The molecule has 2 N–H and O–H groups in total. The van der Waals surface area contributed by atoms with Crippen LogP contribution >= 0.6 is 11.7 Å². The number of ether oxygens (including phenoxy) is 1. The fourth-order valence-corrected chi connectivity index (χ4v) is 5.16. The first kappa shape index (κ1) is 21.9. The van der Waals surface area contributed by atoms with Crippen LogP contribution in [0.3, 0.4) is 0 Å². The van der Waals surface area contributed by atoms with Crippen LogP contribution in [-0.4, -0.2) is 30.2 Å². The number of benzene rings is 3. The van der Waals surface area contributed by atoms with Crippen molar-refractivity contribution in [3.8, 4) is 5.75 Å². The molecule has 4 rings (SSSR count). The molecule has 4 aromatic rings. The Hall–Kier alpha value is -3.34. The lowest BCUT2D eigenvalue weighted by molar-refractivity contribution is -0.123. The van der Waals surface area contributed by atoms with E-state index in [1.165, 1.54) is 6.07 Å². The molecule has 10 heteroatoms. The smallest absolute Gasteiger partial charge is 0.243 e. The van der Waals surface area contributed by atoms with Gasteiger partial charge in [-0.3, -0.25) is 4.79 Å². The van der Waals surface area contributed by atoms with Crippen LogP contribution in [0, 0.1) is 0 Å². The van der Waals surface area contributed by atoms with Crippen molar-refractivity contribution in [1.82, 2.24) is 18.8 Å². The summed E-state index contributed by atoms with van der Waals surface area (Å²) in [7, 11) is -2.50. The van der Waals surface area contributed by atoms with Gasteiger partial charge in [0.1, 0.15) is 27.7 Å². The minimum atomic E-state index is -4.07. The van der Waals surface area contributed by atoms with Gasteiger partial charge < -0.3 is 10.1 Å². The molecule has 0 aliphatic carbocycles. The second-order valence-corrected chi connectivity index (χ2v) is 9.13. The number of nitrogens with one attached hydrogen (secondary N) is 2. The zero-order valence-corrected chi connectivity index (χ0v) is 18.7. The molecule has 3 aromatic carbocycles. The van der Waals surface area contributed by atoms with Crippen LogP contribution < -0.4 is 14.8 Å². The van der Waals surface area contributed by atoms with Crippen molar-refractivity contribution in [3.63, 3.8) is 0 Å². The normalized spacial score (nSPS) is 12.4. The summed E-state index contributed by atoms with van der Waals surface area (Å²) in [4.78, 5) is 13.1. The van der Waals surface area contributed by atoms with Crippen LogP contribution in [0.2, 0.25) is 0 Å². The number of sulfonamides is 1. The molecule has 0 spiro atoms. The molecular weight excluding hydrogens is 448 g/mol. The number of hydrogen-bond acceptors (Lipinski definition) is 7. The van der Waals surface area contributed by atoms with E-state index in [-0.39, 0.29) is 17.0 Å². The van der Waals surface area contributed by atoms with Crippen LogP contribution in [0.5, 0.6) is 5.75 Å². The van der Waals surface area contributed by atoms with Crippen molar-refractivity contribution < 1.29 is 17.9 Å². The number of aromatic nitrogens is 2. The van der Waals surface area contributed by atoms with Gasteiger partial charge in [0.25, 0.3) is 0 Å². The van der Waals surface area contributed by atoms with Crippen LogP contribution in [0.15, 0.2) is 77.7 Å². The van der Waals surface area contributed by atoms with Crippen LogP contribution in [-0.2, 0) is 21.4 Å². The fourth-order valence-electron chi connectivity index (χ4n) is 3.21. The fraction of sp³-hybridized carbons (Fsp3) is 0.136. The molecule has 0 aliphatic rings. The molecule has 0 bridgehead atoms. The van der Waals surface area contributed by atoms with E-state index in [1.807, 2.05) is 12.1 Å². The summed E-state index contributed by atoms with van der Waals surface area (Å²) in [5.74, 6) is 0.188. The van der Waals surface area contributed by atoms with Crippen LogP contribution in [0.4, 0.5) is 0 Å². The van der Waals surface area contributed by atoms with Crippen molar-refractivity contribution in [1.29, 1.82) is 0 Å². The molecule has 0 aliphatic heterocycles. The van der Waals surface area contributed by atoms with E-state index >= 15 is 0 Å². The summed E-state index contributed by atoms with van der Waals surface area (Å²) >= 11 is 0.932. The zero-order valence-electron chi connectivity index (χ0n) is 17.1. The van der Waals surface area contributed by atoms with E-state index in [0.29, 0.717) is 16.8 Å². The van der Waals surface area contributed by atoms with Crippen molar-refractivity contribution in [2.75, 3.05) is 7.11 Å². The average Bonchev–Trinajstić information content (AvgIpc) is 3.30. The van der Waals surface area contributed by atoms with Crippen LogP contribution in [0.1, 0.15) is 17.2 Å². The Labute approximate surface area is 189 Å². The molecule has 0 saturated carbocycles. The predicted octanol–water partition coefficient (Wildman–Crippen LogP) is 3.04. The van der Waals surface area contributed by atoms with E-state index in [4.69, 9.17) is 4.74 Å². The number of amides is 1. The maximum absolute atomic E-state index is 13.2. The molecule has 0 radical (unpaired) electrons. The second-order valence-electron chi connectivity index (χ2n) is 6.92. The third kappa shape index (κ3) is 4.77. The summed E-state index contributed by atoms with van der Waals surface area (Å²) in [6.45, 7) is 0.215. The minimum Gasteiger partial charge on any atom is -0.497 e. The highest BCUT2D eigenvalue weighted by Crippen LogP contribution is 2.24. The topological polar surface area (TPSA) is 110 Å². The summed E-state index contributed by atoms with van der Waals surface area (Å²) in [6, 6.07) is 19.6. The Balaban J connectivity index is 1.61. The Bertz CT molecular complexity index is 1340. The minimum absolute atomic E-state index is 0.0229. The van der Waals surface area contributed by atoms with Crippen molar-refractivity contribution >= 4 is 38.7 Å². The van der Waals surface area contributed by atoms with Crippen molar-refractivity contribution in [3.05, 3.63) is 83.9 Å². The number of nitrogens with zero attached hydrogens (tertiary/aromatic N) is 2. The number of fused-ring (bicyclic) bond motifs is 1. The molecule has 164 valence electrons. The largest absolute Gasteiger partial charge is 0.497 e. The summed E-state index contributed by atoms with van der Waals surface area (Å²) in [5, 5.41) is 2.81. The maximum atomic E-state index is 13.2. The highest BCUT2D eigenvalue weighted by atomic mass is 32.2.